The summed E-state index contributed by atoms with van der Waals surface area (Å²) in [5.74, 6) is 0.476. The number of rotatable bonds is 8. The first-order valence-corrected chi connectivity index (χ1v) is 11.7. The summed E-state index contributed by atoms with van der Waals surface area (Å²) in [6.07, 6.45) is 0. The van der Waals surface area contributed by atoms with Crippen molar-refractivity contribution in [2.24, 2.45) is 0 Å². The van der Waals surface area contributed by atoms with Crippen LogP contribution >= 0.6 is 11.3 Å². The highest BCUT2D eigenvalue weighted by Crippen LogP contribution is 2.38. The monoisotopic (exact) mass is 462 g/mol. The zero-order valence-corrected chi connectivity index (χ0v) is 19.9. The van der Waals surface area contributed by atoms with Crippen LogP contribution in [0.3, 0.4) is 0 Å². The first-order valence-electron chi connectivity index (χ1n) is 10.9. The van der Waals surface area contributed by atoms with Gasteiger partial charge in [0.05, 0.1) is 24.5 Å². The number of benzene rings is 2. The first kappa shape index (κ1) is 22.6. The van der Waals surface area contributed by atoms with Crippen molar-refractivity contribution in [2.45, 2.75) is 27.7 Å². The second-order valence-electron chi connectivity index (χ2n) is 7.62. The van der Waals surface area contributed by atoms with Gasteiger partial charge in [-0.15, -0.1) is 11.3 Å². The molecule has 0 bridgehead atoms. The van der Waals surface area contributed by atoms with Crippen molar-refractivity contribution in [3.8, 4) is 11.5 Å². The average Bonchev–Trinajstić information content (AvgIpc) is 3.38. The van der Waals surface area contributed by atoms with E-state index in [0.717, 1.165) is 16.0 Å². The lowest BCUT2D eigenvalue weighted by molar-refractivity contribution is -0.120. The van der Waals surface area contributed by atoms with Gasteiger partial charge in [0.25, 0.3) is 11.8 Å². The molecular formula is C26H26N2O4S. The smallest absolute Gasteiger partial charge is 0.282 e. The van der Waals surface area contributed by atoms with Gasteiger partial charge in [-0.2, -0.15) is 0 Å². The molecule has 0 aliphatic carbocycles. The Balaban J connectivity index is 1.76. The van der Waals surface area contributed by atoms with Crippen LogP contribution in [0, 0.1) is 13.8 Å². The quantitative estimate of drug-likeness (QED) is 0.444. The summed E-state index contributed by atoms with van der Waals surface area (Å²) in [4.78, 5) is 29.1. The Kier molecular flexibility index (Phi) is 6.51. The van der Waals surface area contributed by atoms with E-state index in [1.165, 1.54) is 16.2 Å². The van der Waals surface area contributed by atoms with E-state index >= 15 is 0 Å². The minimum atomic E-state index is -0.387. The van der Waals surface area contributed by atoms with Gasteiger partial charge < -0.3 is 14.8 Å². The number of carbonyl (C=O) groups is 2. The summed E-state index contributed by atoms with van der Waals surface area (Å²) in [5, 5.41) is 5.09. The molecule has 0 radical (unpaired) electrons. The van der Waals surface area contributed by atoms with Gasteiger partial charge in [0.1, 0.15) is 5.70 Å². The van der Waals surface area contributed by atoms with Gasteiger partial charge in [0.2, 0.25) is 0 Å². The molecular weight excluding hydrogens is 436 g/mol. The molecule has 0 unspecified atom stereocenters. The summed E-state index contributed by atoms with van der Waals surface area (Å²) < 4.78 is 11.4. The molecule has 2 amide bonds. The number of aryl methyl sites for hydroxylation is 2. The first-order chi connectivity index (χ1) is 15.9. The van der Waals surface area contributed by atoms with Crippen molar-refractivity contribution < 1.29 is 19.1 Å². The van der Waals surface area contributed by atoms with Gasteiger partial charge >= 0.3 is 0 Å². The zero-order valence-electron chi connectivity index (χ0n) is 19.1. The van der Waals surface area contributed by atoms with E-state index in [-0.39, 0.29) is 17.5 Å². The number of nitrogens with zero attached hydrogens (tertiary/aromatic N) is 1. The van der Waals surface area contributed by atoms with Crippen molar-refractivity contribution in [1.82, 2.24) is 0 Å². The highest BCUT2D eigenvalue weighted by atomic mass is 32.1. The standard InChI is InChI=1S/C26H26N2O4S/c1-5-31-20-12-10-18(15-21(20)32-6-2)27-24-23(22-8-7-13-33-22)25(29)28(26(24)30)19-11-9-16(3)14-17(19)4/h7-15,27H,5-6H2,1-4H3. The van der Waals surface area contributed by atoms with E-state index in [9.17, 15) is 9.59 Å². The van der Waals surface area contributed by atoms with Gasteiger partial charge in [0.15, 0.2) is 11.5 Å². The van der Waals surface area contributed by atoms with Gasteiger partial charge in [-0.25, -0.2) is 4.90 Å². The van der Waals surface area contributed by atoms with E-state index < -0.39 is 0 Å². The number of thiophene rings is 1. The number of hydrogen-bond donors (Lipinski definition) is 1. The zero-order chi connectivity index (χ0) is 23.5. The van der Waals surface area contributed by atoms with Crippen molar-refractivity contribution in [3.63, 3.8) is 0 Å². The largest absolute Gasteiger partial charge is 0.490 e. The summed E-state index contributed by atoms with van der Waals surface area (Å²) in [5.41, 5.74) is 3.76. The maximum atomic E-state index is 13.6. The van der Waals surface area contributed by atoms with Gasteiger partial charge in [0, 0.05) is 16.6 Å². The Morgan fingerprint density at radius 2 is 1.67 bits per heavy atom. The lowest BCUT2D eigenvalue weighted by Crippen LogP contribution is -2.33. The van der Waals surface area contributed by atoms with Gasteiger partial charge in [-0.05, 0) is 62.9 Å². The van der Waals surface area contributed by atoms with Crippen LogP contribution in [0.5, 0.6) is 11.5 Å². The van der Waals surface area contributed by atoms with Crippen molar-refractivity contribution in [3.05, 3.63) is 75.6 Å². The fourth-order valence-electron chi connectivity index (χ4n) is 3.84. The molecule has 2 aromatic carbocycles. The number of carbonyl (C=O) groups excluding carboxylic acids is 2. The Bertz CT molecular complexity index is 1230. The molecule has 6 nitrogen and oxygen atoms in total. The summed E-state index contributed by atoms with van der Waals surface area (Å²) in [6.45, 7) is 8.68. The predicted molar refractivity (Wildman–Crippen MR) is 132 cm³/mol. The molecule has 2 heterocycles. The average molecular weight is 463 g/mol. The number of amides is 2. The third-order valence-electron chi connectivity index (χ3n) is 5.26. The van der Waals surface area contributed by atoms with Crippen LogP contribution in [0.25, 0.3) is 5.57 Å². The van der Waals surface area contributed by atoms with Crippen LogP contribution in [0.2, 0.25) is 0 Å². The summed E-state index contributed by atoms with van der Waals surface area (Å²) >= 11 is 1.42. The molecule has 1 aromatic heterocycles. The normalized spacial score (nSPS) is 13.6. The third-order valence-corrected chi connectivity index (χ3v) is 6.14. The van der Waals surface area contributed by atoms with E-state index in [2.05, 4.69) is 5.32 Å². The minimum Gasteiger partial charge on any atom is -0.490 e. The predicted octanol–water partition coefficient (Wildman–Crippen LogP) is 5.56. The van der Waals surface area contributed by atoms with E-state index in [4.69, 9.17) is 9.47 Å². The molecule has 0 saturated heterocycles. The highest BCUT2D eigenvalue weighted by Gasteiger charge is 2.41. The van der Waals surface area contributed by atoms with Crippen LogP contribution in [0.1, 0.15) is 29.9 Å². The Hall–Kier alpha value is -3.58. The number of nitrogens with one attached hydrogen (secondary N) is 1. The molecule has 1 aliphatic rings. The lowest BCUT2D eigenvalue weighted by atomic mass is 10.1. The lowest BCUT2D eigenvalue weighted by Gasteiger charge is -2.18. The van der Waals surface area contributed by atoms with Crippen molar-refractivity contribution in [1.29, 1.82) is 0 Å². The van der Waals surface area contributed by atoms with Gasteiger partial charge in [-0.3, -0.25) is 9.59 Å². The minimum absolute atomic E-state index is 0.244. The number of ether oxygens (including phenoxy) is 2. The van der Waals surface area contributed by atoms with E-state index in [1.54, 1.807) is 12.1 Å². The maximum absolute atomic E-state index is 13.6. The molecule has 33 heavy (non-hydrogen) atoms. The third kappa shape index (κ3) is 4.36. The molecule has 1 N–H and O–H groups in total. The van der Waals surface area contributed by atoms with Crippen LogP contribution in [0.15, 0.2) is 59.6 Å². The number of imide groups is 1. The van der Waals surface area contributed by atoms with Crippen molar-refractivity contribution in [2.75, 3.05) is 23.4 Å². The van der Waals surface area contributed by atoms with Gasteiger partial charge in [-0.1, -0.05) is 23.8 Å². The highest BCUT2D eigenvalue weighted by molar-refractivity contribution is 7.11. The maximum Gasteiger partial charge on any atom is 0.282 e. The number of hydrogen-bond acceptors (Lipinski definition) is 6. The Labute approximate surface area is 197 Å². The summed E-state index contributed by atoms with van der Waals surface area (Å²) in [7, 11) is 0. The molecule has 7 heteroatoms. The molecule has 170 valence electrons. The van der Waals surface area contributed by atoms with Crippen LogP contribution in [-0.2, 0) is 9.59 Å². The van der Waals surface area contributed by atoms with Crippen LogP contribution < -0.4 is 19.7 Å². The van der Waals surface area contributed by atoms with Crippen LogP contribution in [0.4, 0.5) is 11.4 Å². The molecule has 0 atom stereocenters. The molecule has 4 rings (SSSR count). The second-order valence-corrected chi connectivity index (χ2v) is 8.56. The van der Waals surface area contributed by atoms with Crippen LogP contribution in [-0.4, -0.2) is 25.0 Å². The topological polar surface area (TPSA) is 67.9 Å². The fraction of sp³-hybridized carbons (Fsp3) is 0.231. The molecule has 0 saturated carbocycles. The Morgan fingerprint density at radius 1 is 0.909 bits per heavy atom. The molecule has 3 aromatic rings. The molecule has 0 fully saturated rings. The fourth-order valence-corrected chi connectivity index (χ4v) is 4.61. The van der Waals surface area contributed by atoms with Crippen molar-refractivity contribution >= 4 is 40.1 Å². The molecule has 0 spiro atoms. The molecule has 1 aliphatic heterocycles. The Morgan fingerprint density at radius 3 is 2.33 bits per heavy atom. The number of anilines is 2. The van der Waals surface area contributed by atoms with E-state index in [1.807, 2.05) is 69.5 Å². The second kappa shape index (κ2) is 9.50. The SMILES string of the molecule is CCOc1ccc(NC2=C(c3cccs3)C(=O)N(c3ccc(C)cc3C)C2=O)cc1OCC. The van der Waals surface area contributed by atoms with E-state index in [0.29, 0.717) is 41.7 Å². The summed E-state index contributed by atoms with van der Waals surface area (Å²) in [6, 6.07) is 14.8.